The number of alkyl halides is 1. The first-order valence-electron chi connectivity index (χ1n) is 11.2. The standard InChI is InChI=1S/C22H24FN5O5/c23-22(5-6-22)10-27-19-14(3-4-15(29)26-8-13-7-12(26)9-33-13)17(11-1-2-11)25-28(19)21(32)16(18(24)30)20(27)31/h3-4,11-13,32H,1-2,5-10H2,(H2,24,30)/b4-3+/t12-,13-/m1/s1. The van der Waals surface area contributed by atoms with E-state index in [2.05, 4.69) is 5.10 Å². The maximum atomic E-state index is 14.8. The van der Waals surface area contributed by atoms with Gasteiger partial charge < -0.3 is 20.5 Å². The van der Waals surface area contributed by atoms with Gasteiger partial charge in [0.2, 0.25) is 11.8 Å². The number of rotatable bonds is 6. The molecule has 6 rings (SSSR count). The third-order valence-corrected chi connectivity index (χ3v) is 7.08. The zero-order chi connectivity index (χ0) is 23.1. The number of nitrogens with two attached hydrogens (primary N) is 1. The van der Waals surface area contributed by atoms with E-state index in [4.69, 9.17) is 10.5 Å². The van der Waals surface area contributed by atoms with Crippen LogP contribution in [-0.2, 0) is 16.1 Å². The van der Waals surface area contributed by atoms with E-state index in [9.17, 15) is 23.9 Å². The molecule has 2 aromatic heterocycles. The minimum atomic E-state index is -1.56. The van der Waals surface area contributed by atoms with E-state index in [-0.39, 0.29) is 36.2 Å². The summed E-state index contributed by atoms with van der Waals surface area (Å²) >= 11 is 0. The van der Waals surface area contributed by atoms with Crippen LogP contribution in [0.3, 0.4) is 0 Å². The van der Waals surface area contributed by atoms with Crippen molar-refractivity contribution >= 4 is 23.5 Å². The minimum absolute atomic E-state index is 0.0561. The van der Waals surface area contributed by atoms with Crippen LogP contribution in [0.1, 0.15) is 59.6 Å². The third-order valence-electron chi connectivity index (χ3n) is 7.08. The summed E-state index contributed by atoms with van der Waals surface area (Å²) in [5, 5.41) is 15.1. The predicted octanol–water partition coefficient (Wildman–Crippen LogP) is 0.693. The molecule has 2 atom stereocenters. The molecule has 33 heavy (non-hydrogen) atoms. The van der Waals surface area contributed by atoms with Gasteiger partial charge in [-0.15, -0.1) is 0 Å². The van der Waals surface area contributed by atoms with Crippen molar-refractivity contribution in [3.05, 3.63) is 33.3 Å². The number of hydrogen-bond donors (Lipinski definition) is 2. The fourth-order valence-electron chi connectivity index (χ4n) is 4.96. The molecular formula is C22H24FN5O5. The molecule has 4 fully saturated rings. The number of hydrogen-bond acceptors (Lipinski definition) is 6. The monoisotopic (exact) mass is 457 g/mol. The number of halogens is 1. The number of aromatic hydroxyl groups is 1. The first kappa shape index (κ1) is 20.4. The van der Waals surface area contributed by atoms with Crippen LogP contribution >= 0.6 is 0 Å². The van der Waals surface area contributed by atoms with Crippen LogP contribution in [0, 0.1) is 0 Å². The minimum Gasteiger partial charge on any atom is -0.492 e. The molecule has 2 aromatic rings. The highest BCUT2D eigenvalue weighted by molar-refractivity contribution is 5.96. The lowest BCUT2D eigenvalue weighted by atomic mass is 10.1. The van der Waals surface area contributed by atoms with Crippen molar-refractivity contribution < 1.29 is 23.8 Å². The smallest absolute Gasteiger partial charge is 0.270 e. The van der Waals surface area contributed by atoms with E-state index in [0.29, 0.717) is 37.3 Å². The molecule has 174 valence electrons. The van der Waals surface area contributed by atoms with Crippen LogP contribution in [0.4, 0.5) is 4.39 Å². The summed E-state index contributed by atoms with van der Waals surface area (Å²) in [6.45, 7) is 0.778. The topological polar surface area (TPSA) is 132 Å². The first-order valence-corrected chi connectivity index (χ1v) is 11.2. The molecule has 0 spiro atoms. The highest BCUT2D eigenvalue weighted by Gasteiger charge is 2.45. The van der Waals surface area contributed by atoms with Crippen LogP contribution in [-0.4, -0.2) is 67.0 Å². The van der Waals surface area contributed by atoms with Crippen LogP contribution < -0.4 is 11.3 Å². The molecule has 2 aliphatic carbocycles. The Balaban J connectivity index is 1.50. The van der Waals surface area contributed by atoms with Crippen LogP contribution in [0.2, 0.25) is 0 Å². The highest BCUT2D eigenvalue weighted by Crippen LogP contribution is 2.44. The van der Waals surface area contributed by atoms with Crippen LogP contribution in [0.5, 0.6) is 5.88 Å². The van der Waals surface area contributed by atoms with Crippen molar-refractivity contribution in [2.24, 2.45) is 5.73 Å². The summed E-state index contributed by atoms with van der Waals surface area (Å²) in [7, 11) is 0. The Bertz CT molecular complexity index is 1290. The summed E-state index contributed by atoms with van der Waals surface area (Å²) < 4.78 is 22.5. The predicted molar refractivity (Wildman–Crippen MR) is 114 cm³/mol. The molecule has 0 radical (unpaired) electrons. The van der Waals surface area contributed by atoms with E-state index in [1.165, 1.54) is 6.08 Å². The number of likely N-dealkylation sites (tertiary alicyclic amines) is 1. The summed E-state index contributed by atoms with van der Waals surface area (Å²) in [6, 6.07) is 0.0561. The highest BCUT2D eigenvalue weighted by atomic mass is 19.1. The average Bonchev–Trinajstić information content (AvgIpc) is 3.61. The van der Waals surface area contributed by atoms with E-state index in [0.717, 1.165) is 28.3 Å². The second-order valence-electron chi connectivity index (χ2n) is 9.58. The maximum absolute atomic E-state index is 14.8. The number of morpholine rings is 1. The van der Waals surface area contributed by atoms with E-state index in [1.54, 1.807) is 11.0 Å². The fraction of sp³-hybridized carbons (Fsp3) is 0.545. The van der Waals surface area contributed by atoms with E-state index in [1.807, 2.05) is 0 Å². The Hall–Kier alpha value is -3.21. The summed E-state index contributed by atoms with van der Waals surface area (Å²) in [4.78, 5) is 39.7. The second-order valence-corrected chi connectivity index (χ2v) is 9.58. The van der Waals surface area contributed by atoms with Gasteiger partial charge in [-0.25, -0.2) is 4.39 Å². The van der Waals surface area contributed by atoms with Crippen molar-refractivity contribution in [3.8, 4) is 5.88 Å². The summed E-state index contributed by atoms with van der Waals surface area (Å²) in [6.07, 6.45) is 6.24. The molecule has 2 saturated carbocycles. The lowest BCUT2D eigenvalue weighted by molar-refractivity contribution is -0.130. The zero-order valence-electron chi connectivity index (χ0n) is 17.9. The van der Waals surface area contributed by atoms with E-state index >= 15 is 0 Å². The van der Waals surface area contributed by atoms with Gasteiger partial charge in [-0.2, -0.15) is 9.61 Å². The van der Waals surface area contributed by atoms with Gasteiger partial charge in [0.1, 0.15) is 11.3 Å². The van der Waals surface area contributed by atoms with Gasteiger partial charge in [-0.05, 0) is 38.2 Å². The maximum Gasteiger partial charge on any atom is 0.270 e. The van der Waals surface area contributed by atoms with Crippen molar-refractivity contribution in [1.29, 1.82) is 0 Å². The number of fused-ring (bicyclic) bond motifs is 3. The van der Waals surface area contributed by atoms with Gasteiger partial charge in [-0.1, -0.05) is 0 Å². The Morgan fingerprint density at radius 2 is 2.09 bits per heavy atom. The quantitative estimate of drug-likeness (QED) is 0.614. The van der Waals surface area contributed by atoms with Gasteiger partial charge >= 0.3 is 0 Å². The number of ether oxygens (including phenoxy) is 1. The molecule has 4 heterocycles. The fourth-order valence-corrected chi connectivity index (χ4v) is 4.96. The van der Waals surface area contributed by atoms with Gasteiger partial charge in [0, 0.05) is 24.1 Å². The zero-order valence-corrected chi connectivity index (χ0v) is 17.9. The van der Waals surface area contributed by atoms with Crippen LogP contribution in [0.25, 0.3) is 11.7 Å². The van der Waals surface area contributed by atoms with Crippen molar-refractivity contribution in [2.45, 2.75) is 62.4 Å². The molecule has 2 amide bonds. The number of carbonyl (C=O) groups is 2. The summed E-state index contributed by atoms with van der Waals surface area (Å²) in [5.41, 5.74) is 3.51. The van der Waals surface area contributed by atoms with Gasteiger partial charge in [0.25, 0.3) is 11.5 Å². The molecular weight excluding hydrogens is 433 g/mol. The van der Waals surface area contributed by atoms with E-state index < -0.39 is 28.6 Å². The largest absolute Gasteiger partial charge is 0.492 e. The molecule has 2 aliphatic heterocycles. The summed E-state index contributed by atoms with van der Waals surface area (Å²) in [5.74, 6) is -1.87. The van der Waals surface area contributed by atoms with Crippen molar-refractivity contribution in [1.82, 2.24) is 19.1 Å². The SMILES string of the molecule is NC(=O)c1c(O)n2nc(C3CC3)c(/C=C/C(=O)N3C[C@H]4C[C@@H]3CO4)c2n(CC2(F)CC2)c1=O. The first-order chi connectivity index (χ1) is 15.8. The number of primary amides is 1. The Labute approximate surface area is 187 Å². The lowest BCUT2D eigenvalue weighted by Crippen LogP contribution is -2.40. The average molecular weight is 457 g/mol. The molecule has 11 heteroatoms. The number of aromatic nitrogens is 3. The van der Waals surface area contributed by atoms with Gasteiger partial charge in [-0.3, -0.25) is 19.0 Å². The van der Waals surface area contributed by atoms with Crippen molar-refractivity contribution in [3.63, 3.8) is 0 Å². The second kappa shape index (κ2) is 6.89. The molecule has 2 saturated heterocycles. The Morgan fingerprint density at radius 3 is 2.67 bits per heavy atom. The molecule has 0 unspecified atom stereocenters. The molecule has 4 aliphatic rings. The molecule has 2 bridgehead atoms. The lowest BCUT2D eigenvalue weighted by Gasteiger charge is -2.25. The Morgan fingerprint density at radius 1 is 1.33 bits per heavy atom. The molecule has 0 aromatic carbocycles. The molecule has 3 N–H and O–H groups in total. The van der Waals surface area contributed by atoms with Gasteiger partial charge in [0.15, 0.2) is 5.56 Å². The third kappa shape index (κ3) is 3.25. The van der Waals surface area contributed by atoms with Gasteiger partial charge in [0.05, 0.1) is 31.0 Å². The normalized spacial score (nSPS) is 25.4. The number of amides is 2. The van der Waals surface area contributed by atoms with Crippen LogP contribution in [0.15, 0.2) is 10.9 Å². The number of carbonyl (C=O) groups excluding carboxylic acids is 2. The Kier molecular flexibility index (Phi) is 4.26. The van der Waals surface area contributed by atoms with Crippen molar-refractivity contribution in [2.75, 3.05) is 13.2 Å². The number of nitrogens with zero attached hydrogens (tertiary/aromatic N) is 4. The molecule has 10 nitrogen and oxygen atoms in total.